The fourth-order valence-corrected chi connectivity index (χ4v) is 3.31. The highest BCUT2D eigenvalue weighted by Crippen LogP contribution is 2.52. The minimum Gasteiger partial charge on any atom is -0.458 e. The van der Waals surface area contributed by atoms with Crippen LogP contribution in [-0.2, 0) is 19.1 Å². The summed E-state index contributed by atoms with van der Waals surface area (Å²) in [5, 5.41) is 31.1. The predicted octanol–water partition coefficient (Wildman–Crippen LogP) is 0.210. The molecule has 0 aromatic heterocycles. The maximum atomic E-state index is 12.6. The molecule has 24 heavy (non-hydrogen) atoms. The Morgan fingerprint density at radius 3 is 2.50 bits per heavy atom. The van der Waals surface area contributed by atoms with E-state index in [1.165, 1.54) is 12.2 Å². The number of esters is 2. The van der Waals surface area contributed by atoms with Gasteiger partial charge in [0.25, 0.3) is 0 Å². The van der Waals surface area contributed by atoms with Crippen LogP contribution in [0.2, 0.25) is 0 Å². The SMILES string of the molecule is CC=CC=CC1C=CC(O)C(OC(C)=O)C12C(=O)OC(C)(O)C2O. The van der Waals surface area contributed by atoms with E-state index in [1.54, 1.807) is 24.3 Å². The molecule has 0 aromatic carbocycles. The van der Waals surface area contributed by atoms with Crippen LogP contribution < -0.4 is 0 Å². The third-order valence-electron chi connectivity index (χ3n) is 4.38. The van der Waals surface area contributed by atoms with Gasteiger partial charge in [-0.25, -0.2) is 0 Å². The highest BCUT2D eigenvalue weighted by atomic mass is 16.7. The Kier molecular flexibility index (Phi) is 4.98. The van der Waals surface area contributed by atoms with Crippen LogP contribution in [0.4, 0.5) is 0 Å². The number of carbonyl (C=O) groups is 2. The standard InChI is InChI=1S/C17H22O7/c1-4-5-6-7-11-8-9-12(19)13(23-10(2)18)17(11)14(20)16(3,22)24-15(17)21/h4-9,11-14,19-20,22H,1-3H3. The lowest BCUT2D eigenvalue weighted by Gasteiger charge is -2.43. The number of allylic oxidation sites excluding steroid dienone is 5. The van der Waals surface area contributed by atoms with Gasteiger partial charge in [0.05, 0.1) is 0 Å². The third kappa shape index (κ3) is 2.79. The first-order chi connectivity index (χ1) is 11.2. The largest absolute Gasteiger partial charge is 0.458 e. The summed E-state index contributed by atoms with van der Waals surface area (Å²) >= 11 is 0. The average molecular weight is 338 g/mol. The normalized spacial score (nSPS) is 42.2. The van der Waals surface area contributed by atoms with E-state index >= 15 is 0 Å². The van der Waals surface area contributed by atoms with Gasteiger partial charge in [-0.2, -0.15) is 0 Å². The molecule has 0 bridgehead atoms. The van der Waals surface area contributed by atoms with Gasteiger partial charge in [-0.1, -0.05) is 36.5 Å². The molecule has 132 valence electrons. The van der Waals surface area contributed by atoms with E-state index in [-0.39, 0.29) is 0 Å². The van der Waals surface area contributed by atoms with Crippen molar-refractivity contribution in [2.75, 3.05) is 0 Å². The Morgan fingerprint density at radius 1 is 1.33 bits per heavy atom. The third-order valence-corrected chi connectivity index (χ3v) is 4.38. The molecule has 1 saturated heterocycles. The highest BCUT2D eigenvalue weighted by molar-refractivity contribution is 5.84. The molecule has 2 rings (SSSR count). The smallest absolute Gasteiger partial charge is 0.322 e. The molecule has 7 heteroatoms. The molecule has 3 N–H and O–H groups in total. The van der Waals surface area contributed by atoms with Crippen molar-refractivity contribution in [3.63, 3.8) is 0 Å². The molecule has 1 heterocycles. The van der Waals surface area contributed by atoms with E-state index in [9.17, 15) is 24.9 Å². The maximum Gasteiger partial charge on any atom is 0.322 e. The van der Waals surface area contributed by atoms with Crippen LogP contribution in [0.15, 0.2) is 36.5 Å². The zero-order valence-electron chi connectivity index (χ0n) is 13.7. The van der Waals surface area contributed by atoms with Gasteiger partial charge in [0, 0.05) is 19.8 Å². The molecule has 7 nitrogen and oxygen atoms in total. The van der Waals surface area contributed by atoms with Gasteiger partial charge < -0.3 is 24.8 Å². The van der Waals surface area contributed by atoms with Gasteiger partial charge in [-0.05, 0) is 6.92 Å². The molecule has 1 aliphatic carbocycles. The van der Waals surface area contributed by atoms with Crippen molar-refractivity contribution in [3.05, 3.63) is 36.5 Å². The van der Waals surface area contributed by atoms with Gasteiger partial charge in [0.15, 0.2) is 6.10 Å². The summed E-state index contributed by atoms with van der Waals surface area (Å²) in [6.07, 6.45) is 5.26. The van der Waals surface area contributed by atoms with Crippen LogP contribution in [0, 0.1) is 11.3 Å². The zero-order chi connectivity index (χ0) is 18.1. The molecule has 0 saturated carbocycles. The molecule has 1 fully saturated rings. The first-order valence-corrected chi connectivity index (χ1v) is 7.65. The summed E-state index contributed by atoms with van der Waals surface area (Å²) in [4.78, 5) is 24.1. The van der Waals surface area contributed by atoms with Crippen molar-refractivity contribution in [2.45, 2.75) is 44.9 Å². The number of hydrogen-bond acceptors (Lipinski definition) is 7. The Hall–Kier alpha value is -1.96. The number of cyclic esters (lactones) is 1. The van der Waals surface area contributed by atoms with Crippen molar-refractivity contribution in [3.8, 4) is 0 Å². The van der Waals surface area contributed by atoms with Crippen molar-refractivity contribution in [1.82, 2.24) is 0 Å². The van der Waals surface area contributed by atoms with Crippen molar-refractivity contribution < 1.29 is 34.4 Å². The monoisotopic (exact) mass is 338 g/mol. The van der Waals surface area contributed by atoms with E-state index in [0.29, 0.717) is 0 Å². The van der Waals surface area contributed by atoms with Gasteiger partial charge in [-0.15, -0.1) is 0 Å². The summed E-state index contributed by atoms with van der Waals surface area (Å²) in [6.45, 7) is 4.09. The van der Waals surface area contributed by atoms with Crippen LogP contribution >= 0.6 is 0 Å². The van der Waals surface area contributed by atoms with E-state index in [0.717, 1.165) is 13.8 Å². The van der Waals surface area contributed by atoms with Crippen LogP contribution in [0.25, 0.3) is 0 Å². The number of ether oxygens (including phenoxy) is 2. The Morgan fingerprint density at radius 2 is 2.00 bits per heavy atom. The Bertz CT molecular complexity index is 604. The first-order valence-electron chi connectivity index (χ1n) is 7.65. The van der Waals surface area contributed by atoms with Crippen LogP contribution in [-0.4, -0.2) is 51.4 Å². The summed E-state index contributed by atoms with van der Waals surface area (Å²) in [5.41, 5.74) is -1.85. The molecule has 0 radical (unpaired) electrons. The lowest BCUT2D eigenvalue weighted by Crippen LogP contribution is -2.61. The second-order valence-corrected chi connectivity index (χ2v) is 6.12. The maximum absolute atomic E-state index is 12.6. The number of rotatable bonds is 3. The molecular weight excluding hydrogens is 316 g/mol. The van der Waals surface area contributed by atoms with Crippen LogP contribution in [0.3, 0.4) is 0 Å². The van der Waals surface area contributed by atoms with E-state index in [2.05, 4.69) is 0 Å². The topological polar surface area (TPSA) is 113 Å². The second kappa shape index (κ2) is 6.51. The molecule has 0 amide bonds. The fourth-order valence-electron chi connectivity index (χ4n) is 3.31. The van der Waals surface area contributed by atoms with Gasteiger partial charge in [-0.3, -0.25) is 9.59 Å². The quantitative estimate of drug-likeness (QED) is 0.383. The molecule has 1 aliphatic heterocycles. The van der Waals surface area contributed by atoms with E-state index in [1.807, 2.05) is 6.92 Å². The summed E-state index contributed by atoms with van der Waals surface area (Å²) in [7, 11) is 0. The number of aliphatic hydroxyl groups excluding tert-OH is 2. The van der Waals surface area contributed by atoms with Crippen molar-refractivity contribution in [1.29, 1.82) is 0 Å². The second-order valence-electron chi connectivity index (χ2n) is 6.12. The molecular formula is C17H22O7. The highest BCUT2D eigenvalue weighted by Gasteiger charge is 2.71. The van der Waals surface area contributed by atoms with Gasteiger partial charge in [0.2, 0.25) is 5.79 Å². The number of aliphatic hydroxyl groups is 3. The lowest BCUT2D eigenvalue weighted by molar-refractivity contribution is -0.212. The fraction of sp³-hybridized carbons (Fsp3) is 0.529. The average Bonchev–Trinajstić information content (AvgIpc) is 2.66. The minimum absolute atomic E-state index is 0.726. The lowest BCUT2D eigenvalue weighted by atomic mass is 9.62. The van der Waals surface area contributed by atoms with Crippen molar-refractivity contribution >= 4 is 11.9 Å². The number of hydrogen-bond donors (Lipinski definition) is 3. The predicted molar refractivity (Wildman–Crippen MR) is 83.3 cm³/mol. The minimum atomic E-state index is -2.16. The van der Waals surface area contributed by atoms with Crippen molar-refractivity contribution in [2.24, 2.45) is 11.3 Å². The van der Waals surface area contributed by atoms with E-state index < -0.39 is 47.4 Å². The van der Waals surface area contributed by atoms with Gasteiger partial charge >= 0.3 is 11.9 Å². The van der Waals surface area contributed by atoms with Crippen LogP contribution in [0.1, 0.15) is 20.8 Å². The van der Waals surface area contributed by atoms with Crippen LogP contribution in [0.5, 0.6) is 0 Å². The van der Waals surface area contributed by atoms with E-state index in [4.69, 9.17) is 9.47 Å². The Balaban J connectivity index is 2.61. The number of carbonyl (C=O) groups excluding carboxylic acids is 2. The zero-order valence-corrected chi connectivity index (χ0v) is 13.7. The summed E-state index contributed by atoms with van der Waals surface area (Å²) < 4.78 is 10.1. The summed E-state index contributed by atoms with van der Waals surface area (Å²) in [5.74, 6) is -4.58. The van der Waals surface area contributed by atoms with Gasteiger partial charge in [0.1, 0.15) is 17.6 Å². The first kappa shape index (κ1) is 18.4. The molecule has 1 spiro atoms. The Labute approximate surface area is 139 Å². The summed E-state index contributed by atoms with van der Waals surface area (Å²) in [6, 6.07) is 0. The molecule has 6 unspecified atom stereocenters. The molecule has 6 atom stereocenters. The molecule has 0 aromatic rings. The molecule has 2 aliphatic rings.